The van der Waals surface area contributed by atoms with Crippen molar-refractivity contribution in [3.63, 3.8) is 0 Å². The summed E-state index contributed by atoms with van der Waals surface area (Å²) in [5, 5.41) is 23.1. The van der Waals surface area contributed by atoms with Gasteiger partial charge in [-0.1, -0.05) is 280 Å². The summed E-state index contributed by atoms with van der Waals surface area (Å²) in [6.07, 6.45) is 79.7. The van der Waals surface area contributed by atoms with Crippen molar-refractivity contribution in [2.45, 2.75) is 315 Å². The highest BCUT2D eigenvalue weighted by atomic mass is 16.3. The maximum absolute atomic E-state index is 12.5. The SMILES string of the molecule is CCCCCCCCCC/C=C/CC/C=C/CC/C=C/C(O)C(CO)NC(=O)CCCCCCCCCCCCCCCCCCC/C=C\C/C=C\CCCCCCCCCCCCC. The van der Waals surface area contributed by atoms with Gasteiger partial charge in [-0.05, 0) is 77.0 Å². The van der Waals surface area contributed by atoms with Crippen LogP contribution in [0.3, 0.4) is 0 Å². The average Bonchev–Trinajstić information content (AvgIpc) is 3.31. The molecule has 0 spiro atoms. The zero-order valence-electron chi connectivity index (χ0n) is 43.8. The van der Waals surface area contributed by atoms with Crippen molar-refractivity contribution in [2.24, 2.45) is 0 Å². The van der Waals surface area contributed by atoms with Gasteiger partial charge in [-0.2, -0.15) is 0 Å². The molecular weight excluding hydrogens is 795 g/mol. The Labute approximate surface area is 406 Å². The minimum Gasteiger partial charge on any atom is -0.394 e. The first-order chi connectivity index (χ1) is 32.2. The number of carbonyl (C=O) groups is 1. The maximum atomic E-state index is 12.5. The molecule has 3 N–H and O–H groups in total. The normalized spacial score (nSPS) is 13.2. The van der Waals surface area contributed by atoms with Crippen LogP contribution in [0.4, 0.5) is 0 Å². The van der Waals surface area contributed by atoms with Gasteiger partial charge in [-0.25, -0.2) is 0 Å². The molecule has 0 aromatic carbocycles. The van der Waals surface area contributed by atoms with E-state index < -0.39 is 12.1 Å². The monoisotopic (exact) mass is 908 g/mol. The van der Waals surface area contributed by atoms with Crippen LogP contribution in [0.1, 0.15) is 303 Å². The van der Waals surface area contributed by atoms with E-state index in [-0.39, 0.29) is 12.5 Å². The Bertz CT molecular complexity index is 1070. The zero-order chi connectivity index (χ0) is 47.0. The lowest BCUT2D eigenvalue weighted by Crippen LogP contribution is -2.45. The molecule has 0 heterocycles. The minimum atomic E-state index is -0.871. The van der Waals surface area contributed by atoms with Crippen LogP contribution in [-0.2, 0) is 4.79 Å². The van der Waals surface area contributed by atoms with E-state index in [2.05, 4.69) is 67.8 Å². The molecule has 0 saturated carbocycles. The number of hydrogen-bond acceptors (Lipinski definition) is 3. The van der Waals surface area contributed by atoms with Gasteiger partial charge in [-0.3, -0.25) is 4.79 Å². The molecule has 0 rings (SSSR count). The second-order valence-electron chi connectivity index (χ2n) is 19.7. The lowest BCUT2D eigenvalue weighted by molar-refractivity contribution is -0.123. The van der Waals surface area contributed by atoms with Gasteiger partial charge in [0.1, 0.15) is 0 Å². The van der Waals surface area contributed by atoms with Gasteiger partial charge in [-0.15, -0.1) is 0 Å². The molecule has 2 atom stereocenters. The summed E-state index contributed by atoms with van der Waals surface area (Å²) in [5.74, 6) is -0.0758. The van der Waals surface area contributed by atoms with Crippen molar-refractivity contribution in [1.82, 2.24) is 5.32 Å². The van der Waals surface area contributed by atoms with E-state index in [4.69, 9.17) is 0 Å². The second kappa shape index (κ2) is 56.4. The van der Waals surface area contributed by atoms with Gasteiger partial charge in [0.2, 0.25) is 5.91 Å². The van der Waals surface area contributed by atoms with Crippen LogP contribution < -0.4 is 5.32 Å². The predicted octanol–water partition coefficient (Wildman–Crippen LogP) is 19.2. The molecule has 0 saturated heterocycles. The lowest BCUT2D eigenvalue weighted by Gasteiger charge is -2.19. The molecule has 0 aromatic rings. The number of unbranched alkanes of at least 4 members (excludes halogenated alkanes) is 38. The summed E-state index contributed by atoms with van der Waals surface area (Å²) in [6.45, 7) is 4.31. The van der Waals surface area contributed by atoms with Crippen LogP contribution >= 0.6 is 0 Å². The van der Waals surface area contributed by atoms with Gasteiger partial charge in [0, 0.05) is 6.42 Å². The van der Waals surface area contributed by atoms with Crippen LogP contribution in [0.15, 0.2) is 60.8 Å². The Balaban J connectivity index is 3.49. The summed E-state index contributed by atoms with van der Waals surface area (Å²) in [4.78, 5) is 12.5. The summed E-state index contributed by atoms with van der Waals surface area (Å²) >= 11 is 0. The topological polar surface area (TPSA) is 69.6 Å². The fourth-order valence-electron chi connectivity index (χ4n) is 8.77. The third-order valence-electron chi connectivity index (χ3n) is 13.2. The van der Waals surface area contributed by atoms with E-state index in [1.54, 1.807) is 6.08 Å². The predicted molar refractivity (Wildman–Crippen MR) is 290 cm³/mol. The van der Waals surface area contributed by atoms with Crippen LogP contribution in [-0.4, -0.2) is 34.9 Å². The molecule has 4 nitrogen and oxygen atoms in total. The summed E-state index contributed by atoms with van der Waals surface area (Å²) < 4.78 is 0. The Morgan fingerprint density at radius 1 is 0.369 bits per heavy atom. The van der Waals surface area contributed by atoms with Gasteiger partial charge >= 0.3 is 0 Å². The van der Waals surface area contributed by atoms with Gasteiger partial charge in [0.05, 0.1) is 18.8 Å². The maximum Gasteiger partial charge on any atom is 0.220 e. The third kappa shape index (κ3) is 52.9. The molecule has 65 heavy (non-hydrogen) atoms. The van der Waals surface area contributed by atoms with E-state index in [1.165, 1.54) is 238 Å². The third-order valence-corrected chi connectivity index (χ3v) is 13.2. The van der Waals surface area contributed by atoms with Gasteiger partial charge in [0.15, 0.2) is 0 Å². The van der Waals surface area contributed by atoms with Gasteiger partial charge < -0.3 is 15.5 Å². The molecule has 0 aliphatic heterocycles. The fraction of sp³-hybridized carbons (Fsp3) is 0.820. The van der Waals surface area contributed by atoms with Crippen LogP contribution in [0.2, 0.25) is 0 Å². The number of carbonyl (C=O) groups excluding carboxylic acids is 1. The largest absolute Gasteiger partial charge is 0.394 e. The second-order valence-corrected chi connectivity index (χ2v) is 19.7. The van der Waals surface area contributed by atoms with Crippen LogP contribution in [0.25, 0.3) is 0 Å². The molecule has 0 fully saturated rings. The molecule has 0 aliphatic rings. The molecule has 4 heteroatoms. The van der Waals surface area contributed by atoms with Gasteiger partial charge in [0.25, 0.3) is 0 Å². The number of allylic oxidation sites excluding steroid dienone is 9. The number of amides is 1. The summed E-state index contributed by atoms with van der Waals surface area (Å²) in [5.41, 5.74) is 0. The summed E-state index contributed by atoms with van der Waals surface area (Å²) in [7, 11) is 0. The zero-order valence-corrected chi connectivity index (χ0v) is 43.8. The number of nitrogens with one attached hydrogen (secondary N) is 1. The lowest BCUT2D eigenvalue weighted by atomic mass is 10.0. The number of aliphatic hydroxyl groups is 2. The van der Waals surface area contributed by atoms with E-state index in [9.17, 15) is 15.0 Å². The van der Waals surface area contributed by atoms with Crippen LogP contribution in [0.5, 0.6) is 0 Å². The molecule has 0 aliphatic carbocycles. The van der Waals surface area contributed by atoms with Crippen molar-refractivity contribution in [3.05, 3.63) is 60.8 Å². The fourth-order valence-corrected chi connectivity index (χ4v) is 8.77. The number of hydrogen-bond donors (Lipinski definition) is 3. The van der Waals surface area contributed by atoms with Crippen molar-refractivity contribution in [2.75, 3.05) is 6.61 Å². The Morgan fingerprint density at radius 3 is 0.985 bits per heavy atom. The highest BCUT2D eigenvalue weighted by molar-refractivity contribution is 5.76. The Morgan fingerprint density at radius 2 is 0.646 bits per heavy atom. The first-order valence-electron chi connectivity index (χ1n) is 29.0. The standard InChI is InChI=1S/C61H113NO3/c1-3-5-7-9-11-13-15-17-19-21-23-24-25-26-27-28-29-30-31-32-33-34-35-36-37-38-39-41-43-45-47-49-51-53-55-57-61(65)62-59(58-63)60(64)56-54-52-50-48-46-44-42-40-22-20-18-16-14-12-10-8-6-4-2/h22,25-26,28-29,40,46,48,54,56,59-60,63-64H,3-21,23-24,27,30-39,41-45,47,49-53,55,57-58H2,1-2H3,(H,62,65)/b26-25-,29-28-,40-22+,48-46+,56-54+. The number of rotatable bonds is 53. The molecule has 0 aromatic heterocycles. The molecule has 380 valence electrons. The summed E-state index contributed by atoms with van der Waals surface area (Å²) in [6, 6.07) is -0.647. The van der Waals surface area contributed by atoms with E-state index >= 15 is 0 Å². The van der Waals surface area contributed by atoms with Crippen molar-refractivity contribution in [3.8, 4) is 0 Å². The average molecular weight is 909 g/mol. The Kier molecular flexibility index (Phi) is 54.8. The molecular formula is C61H113NO3. The van der Waals surface area contributed by atoms with E-state index in [0.717, 1.165) is 44.9 Å². The molecule has 2 unspecified atom stereocenters. The first-order valence-corrected chi connectivity index (χ1v) is 29.0. The molecule has 0 radical (unpaired) electrons. The highest BCUT2D eigenvalue weighted by Gasteiger charge is 2.18. The first kappa shape index (κ1) is 63.1. The minimum absolute atomic E-state index is 0.0758. The van der Waals surface area contributed by atoms with Crippen molar-refractivity contribution >= 4 is 5.91 Å². The van der Waals surface area contributed by atoms with E-state index in [1.807, 2.05) is 6.08 Å². The molecule has 0 bridgehead atoms. The Hall–Kier alpha value is -1.91. The van der Waals surface area contributed by atoms with Crippen molar-refractivity contribution in [1.29, 1.82) is 0 Å². The van der Waals surface area contributed by atoms with Crippen molar-refractivity contribution < 1.29 is 15.0 Å². The quantitative estimate of drug-likeness (QED) is 0.0421. The highest BCUT2D eigenvalue weighted by Crippen LogP contribution is 2.16. The number of aliphatic hydroxyl groups excluding tert-OH is 2. The molecule has 1 amide bonds. The van der Waals surface area contributed by atoms with E-state index in [0.29, 0.717) is 6.42 Å². The van der Waals surface area contributed by atoms with Crippen LogP contribution in [0, 0.1) is 0 Å². The smallest absolute Gasteiger partial charge is 0.220 e.